The highest BCUT2D eigenvalue weighted by Gasteiger charge is 2.32. The van der Waals surface area contributed by atoms with E-state index in [1.54, 1.807) is 6.07 Å². The number of nitrogens with zero attached hydrogens (tertiary/aromatic N) is 2. The lowest BCUT2D eigenvalue weighted by Crippen LogP contribution is -2.48. The average Bonchev–Trinajstić information content (AvgIpc) is 2.85. The first-order chi connectivity index (χ1) is 9.97. The van der Waals surface area contributed by atoms with Crippen molar-refractivity contribution in [2.24, 2.45) is 11.7 Å². The molecule has 2 N–H and O–H groups in total. The molecule has 114 valence electrons. The fourth-order valence-corrected chi connectivity index (χ4v) is 4.27. The number of para-hydroxylation sites is 1. The van der Waals surface area contributed by atoms with Gasteiger partial charge in [-0.3, -0.25) is 0 Å². The van der Waals surface area contributed by atoms with Crippen molar-refractivity contribution < 1.29 is 12.9 Å². The lowest BCUT2D eigenvalue weighted by molar-refractivity contribution is 0.249. The predicted molar refractivity (Wildman–Crippen MR) is 80.0 cm³/mol. The Labute approximate surface area is 123 Å². The second-order valence-corrected chi connectivity index (χ2v) is 7.64. The molecule has 6 nitrogen and oxygen atoms in total. The van der Waals surface area contributed by atoms with Crippen LogP contribution in [0.1, 0.15) is 19.0 Å². The van der Waals surface area contributed by atoms with Gasteiger partial charge >= 0.3 is 0 Å². The zero-order valence-corrected chi connectivity index (χ0v) is 12.7. The highest BCUT2D eigenvalue weighted by molar-refractivity contribution is 7.88. The maximum absolute atomic E-state index is 12.6. The van der Waals surface area contributed by atoms with Crippen molar-refractivity contribution in [2.75, 3.05) is 13.1 Å². The molecule has 2 heterocycles. The maximum Gasteiger partial charge on any atom is 0.220 e. The molecule has 1 fully saturated rings. The van der Waals surface area contributed by atoms with Crippen LogP contribution in [0, 0.1) is 5.92 Å². The lowest BCUT2D eigenvalue weighted by atomic mass is 9.96. The van der Waals surface area contributed by atoms with E-state index in [-0.39, 0.29) is 17.7 Å². The fourth-order valence-electron chi connectivity index (χ4n) is 2.68. The molecule has 0 saturated carbocycles. The van der Waals surface area contributed by atoms with E-state index in [0.717, 1.165) is 5.39 Å². The predicted octanol–water partition coefficient (Wildman–Crippen LogP) is 1.33. The first-order valence-corrected chi connectivity index (χ1v) is 8.65. The Morgan fingerprint density at radius 1 is 1.43 bits per heavy atom. The van der Waals surface area contributed by atoms with Crippen LogP contribution in [0.5, 0.6) is 0 Å². The molecule has 2 aromatic rings. The fraction of sp³-hybridized carbons (Fsp3) is 0.500. The molecule has 0 aliphatic carbocycles. The third-order valence-corrected chi connectivity index (χ3v) is 5.86. The van der Waals surface area contributed by atoms with Gasteiger partial charge in [0.15, 0.2) is 5.58 Å². The van der Waals surface area contributed by atoms with Crippen LogP contribution in [0.15, 0.2) is 28.8 Å². The van der Waals surface area contributed by atoms with Crippen molar-refractivity contribution in [2.45, 2.75) is 25.1 Å². The van der Waals surface area contributed by atoms with Gasteiger partial charge in [0.1, 0.15) is 11.4 Å². The van der Waals surface area contributed by atoms with Crippen LogP contribution >= 0.6 is 0 Å². The van der Waals surface area contributed by atoms with Gasteiger partial charge in [0.25, 0.3) is 0 Å². The van der Waals surface area contributed by atoms with E-state index in [4.69, 9.17) is 10.3 Å². The van der Waals surface area contributed by atoms with Crippen LogP contribution in [0.2, 0.25) is 0 Å². The van der Waals surface area contributed by atoms with Crippen molar-refractivity contribution in [3.8, 4) is 0 Å². The molecule has 21 heavy (non-hydrogen) atoms. The zero-order valence-electron chi connectivity index (χ0n) is 11.9. The van der Waals surface area contributed by atoms with E-state index in [2.05, 4.69) is 5.16 Å². The smallest absolute Gasteiger partial charge is 0.220 e. The number of hydrogen-bond donors (Lipinski definition) is 1. The summed E-state index contributed by atoms with van der Waals surface area (Å²) < 4.78 is 31.8. The van der Waals surface area contributed by atoms with Crippen molar-refractivity contribution >= 4 is 21.0 Å². The van der Waals surface area contributed by atoms with Crippen LogP contribution < -0.4 is 5.73 Å². The molecule has 3 rings (SSSR count). The molecular formula is C14H19N3O3S. The number of fused-ring (bicyclic) bond motifs is 1. The molecule has 0 radical (unpaired) electrons. The van der Waals surface area contributed by atoms with Gasteiger partial charge < -0.3 is 10.3 Å². The molecule has 0 spiro atoms. The molecule has 2 unspecified atom stereocenters. The normalized spacial score (nSPS) is 24.5. The largest absolute Gasteiger partial charge is 0.356 e. The van der Waals surface area contributed by atoms with Crippen molar-refractivity contribution in [3.05, 3.63) is 30.0 Å². The summed E-state index contributed by atoms with van der Waals surface area (Å²) >= 11 is 0. The van der Waals surface area contributed by atoms with E-state index in [1.807, 2.05) is 25.1 Å². The van der Waals surface area contributed by atoms with E-state index in [0.29, 0.717) is 30.8 Å². The average molecular weight is 309 g/mol. The minimum atomic E-state index is -3.40. The lowest BCUT2D eigenvalue weighted by Gasteiger charge is -2.34. The quantitative estimate of drug-likeness (QED) is 0.923. The molecule has 1 saturated heterocycles. The molecular weight excluding hydrogens is 290 g/mol. The summed E-state index contributed by atoms with van der Waals surface area (Å²) in [5.74, 6) is 0.0361. The summed E-state index contributed by atoms with van der Waals surface area (Å²) in [6, 6.07) is 7.35. The minimum Gasteiger partial charge on any atom is -0.356 e. The SMILES string of the molecule is CC1CN(S(=O)(=O)Cc2noc3ccccc23)CCC1N. The summed E-state index contributed by atoms with van der Waals surface area (Å²) in [5, 5.41) is 4.66. The summed E-state index contributed by atoms with van der Waals surface area (Å²) in [6.45, 7) is 2.93. The van der Waals surface area contributed by atoms with Gasteiger partial charge in [0.05, 0.1) is 0 Å². The third kappa shape index (κ3) is 2.81. The number of benzene rings is 1. The van der Waals surface area contributed by atoms with E-state index in [1.165, 1.54) is 4.31 Å². The first kappa shape index (κ1) is 14.5. The van der Waals surface area contributed by atoms with Gasteiger partial charge in [-0.1, -0.05) is 24.2 Å². The number of hydrogen-bond acceptors (Lipinski definition) is 5. The number of rotatable bonds is 3. The molecule has 7 heteroatoms. The van der Waals surface area contributed by atoms with Gasteiger partial charge in [-0.05, 0) is 24.5 Å². The van der Waals surface area contributed by atoms with Crippen LogP contribution in [-0.4, -0.2) is 37.0 Å². The van der Waals surface area contributed by atoms with E-state index < -0.39 is 10.0 Å². The van der Waals surface area contributed by atoms with Gasteiger partial charge in [0, 0.05) is 24.5 Å². The molecule has 0 bridgehead atoms. The maximum atomic E-state index is 12.6. The summed E-state index contributed by atoms with van der Waals surface area (Å²) in [7, 11) is -3.40. The van der Waals surface area contributed by atoms with Gasteiger partial charge in [-0.25, -0.2) is 12.7 Å². The Bertz CT molecular complexity index is 741. The number of piperidine rings is 1. The number of aromatic nitrogens is 1. The second kappa shape index (κ2) is 5.40. The van der Waals surface area contributed by atoms with Gasteiger partial charge in [-0.15, -0.1) is 0 Å². The molecule has 1 aliphatic rings. The highest BCUT2D eigenvalue weighted by Crippen LogP contribution is 2.24. The van der Waals surface area contributed by atoms with Crippen molar-refractivity contribution in [1.82, 2.24) is 9.46 Å². The summed E-state index contributed by atoms with van der Waals surface area (Å²) in [4.78, 5) is 0. The van der Waals surface area contributed by atoms with Gasteiger partial charge in [-0.2, -0.15) is 0 Å². The Morgan fingerprint density at radius 2 is 2.19 bits per heavy atom. The van der Waals surface area contributed by atoms with E-state index >= 15 is 0 Å². The van der Waals surface area contributed by atoms with Crippen LogP contribution in [0.3, 0.4) is 0 Å². The number of nitrogens with two attached hydrogens (primary N) is 1. The Hall–Kier alpha value is -1.44. The summed E-state index contributed by atoms with van der Waals surface area (Å²) in [6.07, 6.45) is 0.694. The molecule has 1 aromatic heterocycles. The van der Waals surface area contributed by atoms with Crippen molar-refractivity contribution in [3.63, 3.8) is 0 Å². The second-order valence-electron chi connectivity index (χ2n) is 5.67. The van der Waals surface area contributed by atoms with Crippen LogP contribution in [-0.2, 0) is 15.8 Å². The molecule has 0 amide bonds. The monoisotopic (exact) mass is 309 g/mol. The van der Waals surface area contributed by atoms with Crippen molar-refractivity contribution in [1.29, 1.82) is 0 Å². The topological polar surface area (TPSA) is 89.4 Å². The minimum absolute atomic E-state index is 0.0735. The Balaban J connectivity index is 1.83. The molecule has 1 aliphatic heterocycles. The molecule has 2 atom stereocenters. The van der Waals surface area contributed by atoms with Gasteiger partial charge in [0.2, 0.25) is 10.0 Å². The van der Waals surface area contributed by atoms with Crippen LogP contribution in [0.25, 0.3) is 11.0 Å². The first-order valence-electron chi connectivity index (χ1n) is 7.04. The molecule has 1 aromatic carbocycles. The third-order valence-electron chi connectivity index (χ3n) is 4.10. The number of sulfonamides is 1. The summed E-state index contributed by atoms with van der Waals surface area (Å²) in [5.41, 5.74) is 7.02. The van der Waals surface area contributed by atoms with E-state index in [9.17, 15) is 8.42 Å². The highest BCUT2D eigenvalue weighted by atomic mass is 32.2. The van der Waals surface area contributed by atoms with Crippen LogP contribution in [0.4, 0.5) is 0 Å². The zero-order chi connectivity index (χ0) is 15.0. The standard InChI is InChI=1S/C14H19N3O3S/c1-10-8-17(7-6-12(10)15)21(18,19)9-13-11-4-2-3-5-14(11)20-16-13/h2-5,10,12H,6-9,15H2,1H3. The Kier molecular flexibility index (Phi) is 3.73. The Morgan fingerprint density at radius 3 is 2.95 bits per heavy atom.